The van der Waals surface area contributed by atoms with E-state index in [0.717, 1.165) is 18.8 Å². The molecule has 164 valence electrons. The zero-order valence-corrected chi connectivity index (χ0v) is 19.2. The minimum Gasteiger partial charge on any atom is -0.489 e. The lowest BCUT2D eigenvalue weighted by Gasteiger charge is -2.25. The molecule has 5 nitrogen and oxygen atoms in total. The zero-order valence-electron chi connectivity index (χ0n) is 19.2. The van der Waals surface area contributed by atoms with Crippen molar-refractivity contribution in [1.82, 2.24) is 0 Å². The molecule has 0 amide bonds. The number of carbonyl (C=O) groups excluding carboxylic acids is 2. The largest absolute Gasteiger partial charge is 0.489 e. The summed E-state index contributed by atoms with van der Waals surface area (Å²) in [6, 6.07) is 0. The lowest BCUT2D eigenvalue weighted by atomic mass is 9.85. The topological polar surface area (TPSA) is 72.8 Å². The molecule has 0 fully saturated rings. The summed E-state index contributed by atoms with van der Waals surface area (Å²) in [7, 11) is 2.70. The van der Waals surface area contributed by atoms with E-state index in [-0.39, 0.29) is 23.1 Å². The first-order valence-corrected chi connectivity index (χ1v) is 10.5. The van der Waals surface area contributed by atoms with Gasteiger partial charge in [-0.3, -0.25) is 9.59 Å². The third-order valence-electron chi connectivity index (χ3n) is 5.54. The molecule has 0 aromatic carbocycles. The average Bonchev–Trinajstić information content (AvgIpc) is 2.63. The first-order valence-electron chi connectivity index (χ1n) is 10.5. The summed E-state index contributed by atoms with van der Waals surface area (Å²) in [4.78, 5) is 25.1. The molecule has 1 N–H and O–H groups in total. The minimum atomic E-state index is -0.913. The van der Waals surface area contributed by atoms with Gasteiger partial charge < -0.3 is 14.6 Å². The summed E-state index contributed by atoms with van der Waals surface area (Å²) in [6.07, 6.45) is 7.85. The number of ether oxygens (including phenoxy) is 2. The Morgan fingerprint density at radius 3 is 2.24 bits per heavy atom. The van der Waals surface area contributed by atoms with Crippen LogP contribution in [0.2, 0.25) is 0 Å². The number of ketones is 2. The molecule has 29 heavy (non-hydrogen) atoms. The van der Waals surface area contributed by atoms with E-state index < -0.39 is 5.60 Å². The number of Topliss-reactive ketones (excluding diaryl/α,β-unsaturated/α-hetero) is 2. The summed E-state index contributed by atoms with van der Waals surface area (Å²) < 4.78 is 10.2. The highest BCUT2D eigenvalue weighted by atomic mass is 16.5. The maximum atomic E-state index is 12.7. The highest BCUT2D eigenvalue weighted by Crippen LogP contribution is 2.31. The SMILES string of the molecule is COC1=C(OC)C(=O)C(CCC(C)(O)CC/C=C(\C)CCCC(C)C)=C(C)C1=O. The van der Waals surface area contributed by atoms with Gasteiger partial charge in [-0.2, -0.15) is 0 Å². The number of aliphatic hydroxyl groups is 1. The second kappa shape index (κ2) is 11.3. The molecule has 0 bridgehead atoms. The van der Waals surface area contributed by atoms with Crippen LogP contribution < -0.4 is 0 Å². The van der Waals surface area contributed by atoms with Crippen LogP contribution in [0.1, 0.15) is 79.6 Å². The zero-order chi connectivity index (χ0) is 22.2. The fourth-order valence-electron chi connectivity index (χ4n) is 3.53. The molecule has 1 rings (SSSR count). The van der Waals surface area contributed by atoms with Gasteiger partial charge in [-0.25, -0.2) is 0 Å². The van der Waals surface area contributed by atoms with E-state index in [0.29, 0.717) is 30.4 Å². The van der Waals surface area contributed by atoms with Crippen molar-refractivity contribution in [2.24, 2.45) is 5.92 Å². The maximum Gasteiger partial charge on any atom is 0.228 e. The Kier molecular flexibility index (Phi) is 9.84. The average molecular weight is 407 g/mol. The third-order valence-corrected chi connectivity index (χ3v) is 5.54. The molecular formula is C24H38O5. The second-order valence-corrected chi connectivity index (χ2v) is 8.70. The summed E-state index contributed by atoms with van der Waals surface area (Å²) in [5.41, 5.74) is 1.21. The molecule has 0 heterocycles. The van der Waals surface area contributed by atoms with Gasteiger partial charge in [0.15, 0.2) is 0 Å². The first kappa shape index (κ1) is 25.2. The van der Waals surface area contributed by atoms with Crippen molar-refractivity contribution >= 4 is 11.6 Å². The summed E-state index contributed by atoms with van der Waals surface area (Å²) in [5, 5.41) is 10.8. The van der Waals surface area contributed by atoms with Crippen LogP contribution in [0, 0.1) is 5.92 Å². The van der Waals surface area contributed by atoms with Crippen LogP contribution in [0.3, 0.4) is 0 Å². The normalized spacial score (nSPS) is 17.9. The molecule has 1 aliphatic carbocycles. The Hall–Kier alpha value is -1.88. The summed E-state index contributed by atoms with van der Waals surface area (Å²) >= 11 is 0. The predicted molar refractivity (Wildman–Crippen MR) is 115 cm³/mol. The van der Waals surface area contributed by atoms with Crippen LogP contribution in [-0.4, -0.2) is 36.5 Å². The number of methoxy groups -OCH3 is 2. The monoisotopic (exact) mass is 406 g/mol. The van der Waals surface area contributed by atoms with Gasteiger partial charge in [0.1, 0.15) is 0 Å². The van der Waals surface area contributed by atoms with Crippen molar-refractivity contribution in [1.29, 1.82) is 0 Å². The smallest absolute Gasteiger partial charge is 0.228 e. The number of hydrogen-bond acceptors (Lipinski definition) is 5. The number of hydrogen-bond donors (Lipinski definition) is 1. The highest BCUT2D eigenvalue weighted by molar-refractivity contribution is 6.23. The number of carbonyl (C=O) groups is 2. The van der Waals surface area contributed by atoms with Crippen LogP contribution in [0.15, 0.2) is 34.3 Å². The van der Waals surface area contributed by atoms with Crippen molar-refractivity contribution in [3.63, 3.8) is 0 Å². The Morgan fingerprint density at radius 1 is 1.10 bits per heavy atom. The Bertz CT molecular complexity index is 692. The lowest BCUT2D eigenvalue weighted by molar-refractivity contribution is -0.121. The Balaban J connectivity index is 2.66. The molecule has 0 saturated heterocycles. The molecule has 1 unspecified atom stereocenters. The van der Waals surface area contributed by atoms with Crippen molar-refractivity contribution in [3.05, 3.63) is 34.3 Å². The van der Waals surface area contributed by atoms with Gasteiger partial charge in [-0.15, -0.1) is 0 Å². The summed E-state index contributed by atoms with van der Waals surface area (Å²) in [6.45, 7) is 10.0. The Labute approximate surface area is 175 Å². The Morgan fingerprint density at radius 2 is 1.69 bits per heavy atom. The van der Waals surface area contributed by atoms with Crippen molar-refractivity contribution < 1.29 is 24.2 Å². The maximum absolute atomic E-state index is 12.7. The van der Waals surface area contributed by atoms with E-state index in [1.807, 2.05) is 0 Å². The molecule has 0 aromatic rings. The van der Waals surface area contributed by atoms with E-state index in [2.05, 4.69) is 26.8 Å². The van der Waals surface area contributed by atoms with Gasteiger partial charge in [0.05, 0.1) is 19.8 Å². The number of allylic oxidation sites excluding steroid dienone is 4. The van der Waals surface area contributed by atoms with E-state index in [1.165, 1.54) is 32.6 Å². The first-order chi connectivity index (χ1) is 13.5. The van der Waals surface area contributed by atoms with Gasteiger partial charge in [0.25, 0.3) is 0 Å². The molecule has 0 aliphatic heterocycles. The van der Waals surface area contributed by atoms with Crippen LogP contribution in [0.5, 0.6) is 0 Å². The second-order valence-electron chi connectivity index (χ2n) is 8.70. The van der Waals surface area contributed by atoms with Crippen LogP contribution >= 0.6 is 0 Å². The van der Waals surface area contributed by atoms with Crippen molar-refractivity contribution in [2.75, 3.05) is 14.2 Å². The minimum absolute atomic E-state index is 0.0522. The molecule has 0 radical (unpaired) electrons. The molecule has 0 aromatic heterocycles. The third kappa shape index (κ3) is 7.46. The fraction of sp³-hybridized carbons (Fsp3) is 0.667. The van der Waals surface area contributed by atoms with Gasteiger partial charge in [0, 0.05) is 11.1 Å². The quantitative estimate of drug-likeness (QED) is 0.363. The van der Waals surface area contributed by atoms with E-state index in [1.54, 1.807) is 13.8 Å². The predicted octanol–water partition coefficient (Wildman–Crippen LogP) is 5.04. The molecular weight excluding hydrogens is 368 g/mol. The van der Waals surface area contributed by atoms with Crippen LogP contribution in [0.4, 0.5) is 0 Å². The highest BCUT2D eigenvalue weighted by Gasteiger charge is 2.35. The number of rotatable bonds is 12. The van der Waals surface area contributed by atoms with Crippen LogP contribution in [-0.2, 0) is 19.1 Å². The molecule has 5 heteroatoms. The standard InChI is InChI=1S/C24H38O5/c1-16(2)10-8-11-17(3)12-9-14-24(5,27)15-13-19-18(4)20(25)22(28-6)23(29-7)21(19)26/h12,16,27H,8-11,13-15H2,1-7H3/b17-12+. The van der Waals surface area contributed by atoms with Crippen LogP contribution in [0.25, 0.3) is 0 Å². The fourth-order valence-corrected chi connectivity index (χ4v) is 3.53. The van der Waals surface area contributed by atoms with E-state index >= 15 is 0 Å². The van der Waals surface area contributed by atoms with Crippen molar-refractivity contribution in [2.45, 2.75) is 85.2 Å². The molecule has 1 aliphatic rings. The molecule has 0 saturated carbocycles. The van der Waals surface area contributed by atoms with E-state index in [9.17, 15) is 14.7 Å². The summed E-state index contributed by atoms with van der Waals surface area (Å²) in [5.74, 6) is -0.0536. The van der Waals surface area contributed by atoms with Gasteiger partial charge in [-0.1, -0.05) is 31.9 Å². The van der Waals surface area contributed by atoms with Gasteiger partial charge in [0.2, 0.25) is 23.1 Å². The van der Waals surface area contributed by atoms with Gasteiger partial charge in [-0.05, 0) is 65.2 Å². The van der Waals surface area contributed by atoms with E-state index in [4.69, 9.17) is 9.47 Å². The lowest BCUT2D eigenvalue weighted by Crippen LogP contribution is -2.28. The molecule has 1 atom stereocenters. The molecule has 0 spiro atoms. The van der Waals surface area contributed by atoms with Crippen molar-refractivity contribution in [3.8, 4) is 0 Å². The van der Waals surface area contributed by atoms with Gasteiger partial charge >= 0.3 is 0 Å².